The fraction of sp³-hybridized carbons (Fsp3) is 0.840. The Hall–Kier alpha value is -0.960. The van der Waals surface area contributed by atoms with E-state index in [1.54, 1.807) is 0 Å². The molecule has 3 nitrogen and oxygen atoms in total. The van der Waals surface area contributed by atoms with Crippen LogP contribution >= 0.6 is 0 Å². The number of ketones is 1. The van der Waals surface area contributed by atoms with Crippen LogP contribution in [0.3, 0.4) is 0 Å². The van der Waals surface area contributed by atoms with Gasteiger partial charge < -0.3 is 9.90 Å². The molecule has 28 heavy (non-hydrogen) atoms. The average molecular weight is 387 g/mol. The van der Waals surface area contributed by atoms with Crippen molar-refractivity contribution >= 4 is 12.1 Å². The van der Waals surface area contributed by atoms with E-state index in [9.17, 15) is 14.7 Å². The normalized spacial score (nSPS) is 45.0. The third-order valence-corrected chi connectivity index (χ3v) is 9.45. The maximum Gasteiger partial charge on any atom is 0.155 e. The lowest BCUT2D eigenvalue weighted by Crippen LogP contribution is -2.52. The topological polar surface area (TPSA) is 54.4 Å². The summed E-state index contributed by atoms with van der Waals surface area (Å²) in [5, 5.41) is 11.0. The second kappa shape index (κ2) is 7.70. The Labute approximate surface area is 170 Å². The van der Waals surface area contributed by atoms with Crippen molar-refractivity contribution in [3.63, 3.8) is 0 Å². The van der Waals surface area contributed by atoms with Crippen LogP contribution in [0.15, 0.2) is 11.6 Å². The highest BCUT2D eigenvalue weighted by atomic mass is 16.3. The summed E-state index contributed by atoms with van der Waals surface area (Å²) in [6, 6.07) is 0. The molecule has 3 saturated carbocycles. The summed E-state index contributed by atoms with van der Waals surface area (Å²) in [7, 11) is 0. The molecule has 1 N–H and O–H groups in total. The van der Waals surface area contributed by atoms with Crippen molar-refractivity contribution in [3.8, 4) is 0 Å². The summed E-state index contributed by atoms with van der Waals surface area (Å²) in [5.74, 6) is 2.97. The third-order valence-electron chi connectivity index (χ3n) is 9.45. The quantitative estimate of drug-likeness (QED) is 0.501. The number of aliphatic hydroxyl groups excluding tert-OH is 1. The van der Waals surface area contributed by atoms with Gasteiger partial charge >= 0.3 is 0 Å². The first-order chi connectivity index (χ1) is 13.4. The van der Waals surface area contributed by atoms with Crippen molar-refractivity contribution in [2.75, 3.05) is 0 Å². The Kier molecular flexibility index (Phi) is 5.59. The first-order valence-corrected chi connectivity index (χ1v) is 11.8. The van der Waals surface area contributed by atoms with Crippen molar-refractivity contribution in [3.05, 3.63) is 11.6 Å². The molecule has 0 radical (unpaired) electrons. The summed E-state index contributed by atoms with van der Waals surface area (Å²) >= 11 is 0. The zero-order valence-electron chi connectivity index (χ0n) is 17.8. The average Bonchev–Trinajstić information content (AvgIpc) is 2.93. The van der Waals surface area contributed by atoms with Gasteiger partial charge in [0.05, 0.1) is 6.10 Å². The first-order valence-electron chi connectivity index (χ1n) is 11.8. The van der Waals surface area contributed by atoms with Crippen LogP contribution in [0.25, 0.3) is 0 Å². The van der Waals surface area contributed by atoms with Crippen LogP contribution < -0.4 is 0 Å². The van der Waals surface area contributed by atoms with Gasteiger partial charge in [0.1, 0.15) is 6.29 Å². The lowest BCUT2D eigenvalue weighted by molar-refractivity contribution is -0.118. The standard InChI is InChI=1S/C25H38O3/c1-24-12-10-19(27)16-18(24)8-9-20-21(24)11-13-25(2)22(28)15-17(23(20)25)7-5-3-4-6-14-26/h14,16-17,20-23,28H,3-13,15H2,1-2H3/t17?,20-,21+,22+,23+,24+,25-/m1/s1. The Balaban J connectivity index is 1.54. The number of aliphatic hydroxyl groups is 1. The number of hydrogen-bond acceptors (Lipinski definition) is 3. The Morgan fingerprint density at radius 1 is 1.14 bits per heavy atom. The SMILES string of the molecule is C[C@]12CC[C@H]3[C@@H](CCC4=CC(=O)CC[C@@]43C)[C@@H]1C(CCCCCC=O)C[C@@H]2O. The molecule has 4 aliphatic carbocycles. The van der Waals surface area contributed by atoms with E-state index in [-0.39, 0.29) is 16.9 Å². The third kappa shape index (κ3) is 3.22. The van der Waals surface area contributed by atoms with E-state index in [1.165, 1.54) is 31.3 Å². The highest BCUT2D eigenvalue weighted by molar-refractivity contribution is 5.91. The highest BCUT2D eigenvalue weighted by Crippen LogP contribution is 2.67. The fourth-order valence-electron chi connectivity index (χ4n) is 7.92. The van der Waals surface area contributed by atoms with Crippen LogP contribution in [0.5, 0.6) is 0 Å². The first kappa shape index (κ1) is 20.3. The number of unbranched alkanes of at least 4 members (excludes halogenated alkanes) is 3. The van der Waals surface area contributed by atoms with Crippen molar-refractivity contribution < 1.29 is 14.7 Å². The number of carbonyl (C=O) groups excluding carboxylic acids is 2. The maximum absolute atomic E-state index is 12.0. The lowest BCUT2D eigenvalue weighted by Gasteiger charge is -2.58. The van der Waals surface area contributed by atoms with E-state index in [1.807, 2.05) is 6.08 Å². The number of aldehydes is 1. The Bertz CT molecular complexity index is 652. The lowest BCUT2D eigenvalue weighted by atomic mass is 9.46. The molecule has 0 aromatic heterocycles. The van der Waals surface area contributed by atoms with Gasteiger partial charge in [-0.3, -0.25) is 4.79 Å². The second-order valence-corrected chi connectivity index (χ2v) is 10.7. The number of rotatable bonds is 6. The molecule has 0 aliphatic heterocycles. The van der Waals surface area contributed by atoms with E-state index in [4.69, 9.17) is 0 Å². The minimum atomic E-state index is -0.156. The fourth-order valence-corrected chi connectivity index (χ4v) is 7.92. The molecule has 0 bridgehead atoms. The van der Waals surface area contributed by atoms with Gasteiger partial charge in [0.15, 0.2) is 5.78 Å². The molecule has 1 unspecified atom stereocenters. The molecule has 0 amide bonds. The molecule has 3 fully saturated rings. The highest BCUT2D eigenvalue weighted by Gasteiger charge is 2.61. The van der Waals surface area contributed by atoms with Gasteiger partial charge in [-0.25, -0.2) is 0 Å². The monoisotopic (exact) mass is 386 g/mol. The Morgan fingerprint density at radius 2 is 1.96 bits per heavy atom. The van der Waals surface area contributed by atoms with Gasteiger partial charge in [-0.2, -0.15) is 0 Å². The summed E-state index contributed by atoms with van der Waals surface area (Å²) in [6.45, 7) is 4.80. The molecule has 0 saturated heterocycles. The smallest absolute Gasteiger partial charge is 0.155 e. The number of fused-ring (bicyclic) bond motifs is 5. The summed E-state index contributed by atoms with van der Waals surface area (Å²) in [4.78, 5) is 22.6. The molecule has 0 aromatic rings. The van der Waals surface area contributed by atoms with Crippen molar-refractivity contribution in [1.82, 2.24) is 0 Å². The second-order valence-electron chi connectivity index (χ2n) is 10.7. The number of hydrogen-bond donors (Lipinski definition) is 1. The summed E-state index contributed by atoms with van der Waals surface area (Å²) in [5.41, 5.74) is 1.72. The largest absolute Gasteiger partial charge is 0.393 e. The minimum absolute atomic E-state index is 0.0801. The minimum Gasteiger partial charge on any atom is -0.393 e. The predicted molar refractivity (Wildman–Crippen MR) is 111 cm³/mol. The van der Waals surface area contributed by atoms with Gasteiger partial charge in [-0.05, 0) is 85.5 Å². The molecule has 7 atom stereocenters. The summed E-state index contributed by atoms with van der Waals surface area (Å²) in [6.07, 6.45) is 15.4. The maximum atomic E-state index is 12.0. The molecule has 3 heteroatoms. The van der Waals surface area contributed by atoms with Crippen LogP contribution in [0.4, 0.5) is 0 Å². The zero-order chi connectivity index (χ0) is 19.9. The van der Waals surface area contributed by atoms with Gasteiger partial charge in [0.25, 0.3) is 0 Å². The predicted octanol–water partition coefficient (Wildman–Crippen LogP) is 5.25. The molecular formula is C25H38O3. The van der Waals surface area contributed by atoms with Gasteiger partial charge in [-0.1, -0.05) is 38.7 Å². The van der Waals surface area contributed by atoms with Crippen LogP contribution in [-0.4, -0.2) is 23.3 Å². The van der Waals surface area contributed by atoms with E-state index in [0.717, 1.165) is 44.8 Å². The van der Waals surface area contributed by atoms with E-state index >= 15 is 0 Å². The number of allylic oxidation sites excluding steroid dienone is 1. The van der Waals surface area contributed by atoms with Crippen molar-refractivity contribution in [1.29, 1.82) is 0 Å². The molecular weight excluding hydrogens is 348 g/mol. The molecule has 4 aliphatic rings. The molecule has 0 aromatic carbocycles. The van der Waals surface area contributed by atoms with Crippen molar-refractivity contribution in [2.24, 2.45) is 34.5 Å². The van der Waals surface area contributed by atoms with Crippen LogP contribution in [0.1, 0.15) is 90.9 Å². The number of carbonyl (C=O) groups is 2. The van der Waals surface area contributed by atoms with Crippen LogP contribution in [0.2, 0.25) is 0 Å². The van der Waals surface area contributed by atoms with E-state index < -0.39 is 0 Å². The van der Waals surface area contributed by atoms with Gasteiger partial charge in [-0.15, -0.1) is 0 Å². The molecule has 0 heterocycles. The van der Waals surface area contributed by atoms with E-state index in [2.05, 4.69) is 13.8 Å². The van der Waals surface area contributed by atoms with Gasteiger partial charge in [0.2, 0.25) is 0 Å². The Morgan fingerprint density at radius 3 is 2.75 bits per heavy atom. The summed E-state index contributed by atoms with van der Waals surface area (Å²) < 4.78 is 0. The van der Waals surface area contributed by atoms with Crippen LogP contribution in [0, 0.1) is 34.5 Å². The molecule has 0 spiro atoms. The van der Waals surface area contributed by atoms with Gasteiger partial charge in [0, 0.05) is 12.8 Å². The van der Waals surface area contributed by atoms with Crippen molar-refractivity contribution in [2.45, 2.75) is 97.0 Å². The molecule has 4 rings (SSSR count). The molecule has 156 valence electrons. The van der Waals surface area contributed by atoms with Crippen LogP contribution in [-0.2, 0) is 9.59 Å². The van der Waals surface area contributed by atoms with E-state index in [0.29, 0.717) is 42.3 Å². The zero-order valence-corrected chi connectivity index (χ0v) is 17.8.